The van der Waals surface area contributed by atoms with E-state index in [1.807, 2.05) is 0 Å². The van der Waals surface area contributed by atoms with Crippen molar-refractivity contribution < 1.29 is 4.74 Å². The Kier molecular flexibility index (Phi) is 3.53. The number of nitrogen functional groups attached to an aromatic ring is 1. The minimum Gasteiger partial charge on any atom is -0.462 e. The van der Waals surface area contributed by atoms with Crippen molar-refractivity contribution >= 4 is 5.84 Å². The molecule has 1 aliphatic rings. The van der Waals surface area contributed by atoms with E-state index in [2.05, 4.69) is 21.9 Å². The number of rotatable bonds is 6. The third-order valence-corrected chi connectivity index (χ3v) is 2.75. The van der Waals surface area contributed by atoms with Crippen LogP contribution in [-0.2, 0) is 0 Å². The lowest BCUT2D eigenvalue weighted by molar-refractivity contribution is 0.220. The molecule has 1 saturated carbocycles. The molecular formula is C11H17N5O. The van der Waals surface area contributed by atoms with E-state index in [9.17, 15) is 0 Å². The molecule has 17 heavy (non-hydrogen) atoms. The minimum atomic E-state index is -0.0765. The molecule has 6 heteroatoms. The van der Waals surface area contributed by atoms with Crippen molar-refractivity contribution in [1.82, 2.24) is 14.9 Å². The van der Waals surface area contributed by atoms with E-state index in [1.54, 1.807) is 12.3 Å². The van der Waals surface area contributed by atoms with Crippen molar-refractivity contribution in [3.63, 3.8) is 0 Å². The molecule has 1 aliphatic carbocycles. The average molecular weight is 235 g/mol. The Hall–Kier alpha value is -1.69. The zero-order valence-electron chi connectivity index (χ0n) is 9.89. The zero-order valence-corrected chi connectivity index (χ0v) is 9.89. The first-order valence-electron chi connectivity index (χ1n) is 5.67. The number of aromatic nitrogens is 2. The van der Waals surface area contributed by atoms with Gasteiger partial charge in [-0.2, -0.15) is 4.98 Å². The van der Waals surface area contributed by atoms with E-state index < -0.39 is 0 Å². The Morgan fingerprint density at radius 3 is 3.06 bits per heavy atom. The maximum Gasteiger partial charge on any atom is 0.317 e. The van der Waals surface area contributed by atoms with Crippen LogP contribution < -0.4 is 10.5 Å². The first kappa shape index (κ1) is 11.8. The average Bonchev–Trinajstić information content (AvgIpc) is 3.13. The van der Waals surface area contributed by atoms with Crippen LogP contribution in [0, 0.1) is 5.41 Å². The summed E-state index contributed by atoms with van der Waals surface area (Å²) >= 11 is 0. The van der Waals surface area contributed by atoms with Gasteiger partial charge in [0.2, 0.25) is 0 Å². The summed E-state index contributed by atoms with van der Waals surface area (Å²) in [5.41, 5.74) is 5.73. The van der Waals surface area contributed by atoms with Gasteiger partial charge < -0.3 is 15.4 Å². The zero-order chi connectivity index (χ0) is 12.3. The summed E-state index contributed by atoms with van der Waals surface area (Å²) in [5.74, 6) is -0.0765. The molecule has 92 valence electrons. The van der Waals surface area contributed by atoms with Crippen LogP contribution in [0.5, 0.6) is 6.01 Å². The van der Waals surface area contributed by atoms with Crippen LogP contribution in [0.25, 0.3) is 0 Å². The summed E-state index contributed by atoms with van der Waals surface area (Å²) in [6.45, 7) is 1.41. The van der Waals surface area contributed by atoms with Crippen molar-refractivity contribution in [2.24, 2.45) is 5.73 Å². The van der Waals surface area contributed by atoms with Crippen molar-refractivity contribution in [3.05, 3.63) is 18.0 Å². The van der Waals surface area contributed by atoms with Crippen molar-refractivity contribution in [1.29, 1.82) is 5.41 Å². The Bertz CT molecular complexity index is 405. The molecule has 1 fully saturated rings. The van der Waals surface area contributed by atoms with Gasteiger partial charge in [0.05, 0.1) is 0 Å². The van der Waals surface area contributed by atoms with E-state index in [0.717, 1.165) is 12.6 Å². The third kappa shape index (κ3) is 3.39. The van der Waals surface area contributed by atoms with Gasteiger partial charge >= 0.3 is 6.01 Å². The number of likely N-dealkylation sites (N-methyl/N-ethyl adjacent to an activating group) is 1. The number of nitrogens with one attached hydrogen (secondary N) is 1. The van der Waals surface area contributed by atoms with Gasteiger partial charge in [-0.15, -0.1) is 0 Å². The van der Waals surface area contributed by atoms with Gasteiger partial charge in [0, 0.05) is 18.8 Å². The smallest absolute Gasteiger partial charge is 0.317 e. The van der Waals surface area contributed by atoms with Crippen LogP contribution in [0.3, 0.4) is 0 Å². The number of hydrogen-bond acceptors (Lipinski definition) is 5. The monoisotopic (exact) mass is 235 g/mol. The highest BCUT2D eigenvalue weighted by Gasteiger charge is 2.25. The molecule has 6 nitrogen and oxygen atoms in total. The minimum absolute atomic E-state index is 0.0765. The summed E-state index contributed by atoms with van der Waals surface area (Å²) in [7, 11) is 2.09. The summed E-state index contributed by atoms with van der Waals surface area (Å²) in [4.78, 5) is 10.3. The number of ether oxygens (including phenoxy) is 1. The van der Waals surface area contributed by atoms with Crippen molar-refractivity contribution in [2.75, 3.05) is 20.2 Å². The fourth-order valence-corrected chi connectivity index (χ4v) is 1.54. The lowest BCUT2D eigenvalue weighted by atomic mass is 10.4. The quantitative estimate of drug-likeness (QED) is 0.544. The normalized spacial score (nSPS) is 14.9. The van der Waals surface area contributed by atoms with Gasteiger partial charge in [-0.05, 0) is 26.0 Å². The van der Waals surface area contributed by atoms with Gasteiger partial charge in [-0.25, -0.2) is 4.98 Å². The van der Waals surface area contributed by atoms with Gasteiger partial charge in [0.25, 0.3) is 0 Å². The maximum atomic E-state index is 7.27. The summed E-state index contributed by atoms with van der Waals surface area (Å²) in [5, 5.41) is 7.27. The molecule has 0 bridgehead atoms. The molecule has 1 aromatic rings. The number of nitrogens with zero attached hydrogens (tertiary/aromatic N) is 3. The highest BCUT2D eigenvalue weighted by Crippen LogP contribution is 2.24. The lowest BCUT2D eigenvalue weighted by Gasteiger charge is -2.15. The van der Waals surface area contributed by atoms with Gasteiger partial charge in [-0.1, -0.05) is 0 Å². The number of hydrogen-bond donors (Lipinski definition) is 2. The molecule has 3 N–H and O–H groups in total. The molecule has 0 spiro atoms. The fraction of sp³-hybridized carbons (Fsp3) is 0.545. The molecule has 0 atom stereocenters. The summed E-state index contributed by atoms with van der Waals surface area (Å²) in [6.07, 6.45) is 4.11. The largest absolute Gasteiger partial charge is 0.462 e. The lowest BCUT2D eigenvalue weighted by Crippen LogP contribution is -2.26. The first-order chi connectivity index (χ1) is 8.16. The van der Waals surface area contributed by atoms with E-state index in [-0.39, 0.29) is 11.8 Å². The fourth-order valence-electron chi connectivity index (χ4n) is 1.54. The van der Waals surface area contributed by atoms with Gasteiger partial charge in [0.1, 0.15) is 18.1 Å². The molecule has 1 aromatic heterocycles. The molecule has 0 radical (unpaired) electrons. The van der Waals surface area contributed by atoms with E-state index >= 15 is 0 Å². The molecule has 0 unspecified atom stereocenters. The van der Waals surface area contributed by atoms with Crippen LogP contribution in [0.1, 0.15) is 18.5 Å². The molecule has 1 heterocycles. The van der Waals surface area contributed by atoms with Crippen molar-refractivity contribution in [2.45, 2.75) is 18.9 Å². The molecule has 0 amide bonds. The molecule has 0 aromatic carbocycles. The predicted molar refractivity (Wildman–Crippen MR) is 64.2 cm³/mol. The van der Waals surface area contributed by atoms with Crippen molar-refractivity contribution in [3.8, 4) is 6.01 Å². The maximum absolute atomic E-state index is 7.27. The SMILES string of the molecule is CN(CCOc1nccc(C(=N)N)n1)C1CC1. The van der Waals surface area contributed by atoms with E-state index in [1.165, 1.54) is 12.8 Å². The summed E-state index contributed by atoms with van der Waals surface area (Å²) < 4.78 is 5.43. The second-order valence-corrected chi connectivity index (χ2v) is 4.20. The van der Waals surface area contributed by atoms with Crippen LogP contribution >= 0.6 is 0 Å². The Labute approximate surface area is 100 Å². The standard InChI is InChI=1S/C11H17N5O/c1-16(8-2-3-8)6-7-17-11-14-5-4-9(15-11)10(12)13/h4-5,8H,2-3,6-7H2,1H3,(H3,12,13). The predicted octanol–water partition coefficient (Wildman–Crippen LogP) is 0.234. The molecular weight excluding hydrogens is 218 g/mol. The summed E-state index contributed by atoms with van der Waals surface area (Å²) in [6, 6.07) is 2.59. The Morgan fingerprint density at radius 1 is 1.65 bits per heavy atom. The second-order valence-electron chi connectivity index (χ2n) is 4.20. The van der Waals surface area contributed by atoms with Crippen LogP contribution in [0.15, 0.2) is 12.3 Å². The second kappa shape index (κ2) is 5.09. The highest BCUT2D eigenvalue weighted by atomic mass is 16.5. The van der Waals surface area contributed by atoms with Gasteiger partial charge in [-0.3, -0.25) is 5.41 Å². The highest BCUT2D eigenvalue weighted by molar-refractivity contribution is 5.92. The topological polar surface area (TPSA) is 88.1 Å². The Morgan fingerprint density at radius 2 is 2.41 bits per heavy atom. The van der Waals surface area contributed by atoms with Crippen LogP contribution in [-0.4, -0.2) is 46.9 Å². The van der Waals surface area contributed by atoms with Crippen LogP contribution in [0.2, 0.25) is 0 Å². The molecule has 2 rings (SSSR count). The molecule has 0 saturated heterocycles. The van der Waals surface area contributed by atoms with Crippen LogP contribution in [0.4, 0.5) is 0 Å². The molecule has 0 aliphatic heterocycles. The van der Waals surface area contributed by atoms with Gasteiger partial charge in [0.15, 0.2) is 0 Å². The number of nitrogens with two attached hydrogens (primary N) is 1. The third-order valence-electron chi connectivity index (χ3n) is 2.75. The Balaban J connectivity index is 1.81. The van der Waals surface area contributed by atoms with E-state index in [4.69, 9.17) is 15.9 Å². The number of amidine groups is 1. The first-order valence-corrected chi connectivity index (χ1v) is 5.67. The van der Waals surface area contributed by atoms with E-state index in [0.29, 0.717) is 12.3 Å².